The molecule has 0 atom stereocenters. The minimum atomic E-state index is -0.393. The van der Waals surface area contributed by atoms with E-state index in [-0.39, 0.29) is 11.5 Å². The van der Waals surface area contributed by atoms with Gasteiger partial charge in [-0.2, -0.15) is 0 Å². The number of hydrogen-bond acceptors (Lipinski definition) is 3. The number of amides is 2. The van der Waals surface area contributed by atoms with Gasteiger partial charge in [-0.3, -0.25) is 15.0 Å². The predicted molar refractivity (Wildman–Crippen MR) is 98.4 cm³/mol. The molecule has 1 fully saturated rings. The number of hydrogen-bond donors (Lipinski definition) is 1. The van der Waals surface area contributed by atoms with Crippen LogP contribution in [0, 0.1) is 3.57 Å². The van der Waals surface area contributed by atoms with Gasteiger partial charge in [-0.1, -0.05) is 6.07 Å². The van der Waals surface area contributed by atoms with E-state index in [1.807, 2.05) is 30.3 Å². The molecule has 0 bridgehead atoms. The van der Waals surface area contributed by atoms with Crippen LogP contribution in [0.3, 0.4) is 0 Å². The van der Waals surface area contributed by atoms with Gasteiger partial charge in [0.2, 0.25) is 0 Å². The second kappa shape index (κ2) is 5.94. The topological polar surface area (TPSA) is 58.6 Å². The minimum absolute atomic E-state index is 0.132. The third-order valence-corrected chi connectivity index (χ3v) is 4.72. The molecule has 0 aromatic heterocycles. The number of fused-ring (bicyclic) bond motifs is 1. The summed E-state index contributed by atoms with van der Waals surface area (Å²) in [5.41, 5.74) is 5.30. The van der Waals surface area contributed by atoms with Crippen LogP contribution in [-0.2, 0) is 16.0 Å². The highest BCUT2D eigenvalue weighted by Crippen LogP contribution is 2.28. The zero-order valence-electron chi connectivity index (χ0n) is 12.6. The largest absolute Gasteiger partial charge is 0.493 e. The van der Waals surface area contributed by atoms with Gasteiger partial charge in [0.05, 0.1) is 12.3 Å². The lowest BCUT2D eigenvalue weighted by Crippen LogP contribution is -2.35. The second-order valence-electron chi connectivity index (χ2n) is 5.58. The van der Waals surface area contributed by atoms with E-state index in [9.17, 15) is 9.59 Å². The highest BCUT2D eigenvalue weighted by Gasteiger charge is 2.34. The number of halogens is 1. The van der Waals surface area contributed by atoms with Gasteiger partial charge in [0.25, 0.3) is 11.8 Å². The van der Waals surface area contributed by atoms with Gasteiger partial charge < -0.3 is 4.74 Å². The average Bonchev–Trinajstić information content (AvgIpc) is 3.15. The molecule has 0 spiro atoms. The van der Waals surface area contributed by atoms with Crippen LogP contribution in [0.25, 0.3) is 6.08 Å². The lowest BCUT2D eigenvalue weighted by molar-refractivity contribution is -0.117. The molecule has 2 aromatic carbocycles. The maximum absolute atomic E-state index is 12.6. The molecule has 2 amide bonds. The van der Waals surface area contributed by atoms with Crippen molar-refractivity contribution in [2.45, 2.75) is 6.42 Å². The van der Waals surface area contributed by atoms with Gasteiger partial charge >= 0.3 is 0 Å². The molecule has 0 saturated carbocycles. The molecule has 24 heavy (non-hydrogen) atoms. The highest BCUT2D eigenvalue weighted by molar-refractivity contribution is 14.1. The third kappa shape index (κ3) is 2.66. The first kappa shape index (κ1) is 15.2. The summed E-state index contributed by atoms with van der Waals surface area (Å²) in [5, 5.41) is 1.28. The molecular weight excluding hydrogens is 419 g/mol. The molecule has 6 heteroatoms. The van der Waals surface area contributed by atoms with Gasteiger partial charge in [-0.25, -0.2) is 5.01 Å². The van der Waals surface area contributed by atoms with Crippen LogP contribution in [-0.4, -0.2) is 18.4 Å². The fourth-order valence-electron chi connectivity index (χ4n) is 2.79. The lowest BCUT2D eigenvalue weighted by Gasteiger charge is -2.14. The molecule has 1 N–H and O–H groups in total. The van der Waals surface area contributed by atoms with Crippen molar-refractivity contribution in [2.75, 3.05) is 11.6 Å². The monoisotopic (exact) mass is 432 g/mol. The standard InChI is InChI=1S/C18H13IN2O3/c19-13-2-4-14(5-3-13)21-18(23)15(17(22)20-21)10-11-1-6-16-12(9-11)7-8-24-16/h1-6,9-10H,7-8H2,(H,20,22)/b15-10-. The van der Waals surface area contributed by atoms with E-state index in [1.54, 1.807) is 18.2 Å². The van der Waals surface area contributed by atoms with Crippen molar-refractivity contribution >= 4 is 46.2 Å². The average molecular weight is 432 g/mol. The fraction of sp³-hybridized carbons (Fsp3) is 0.111. The quantitative estimate of drug-likeness (QED) is 0.451. The van der Waals surface area contributed by atoms with Crippen LogP contribution in [0.2, 0.25) is 0 Å². The molecule has 0 unspecified atom stereocenters. The summed E-state index contributed by atoms with van der Waals surface area (Å²) < 4.78 is 6.54. The van der Waals surface area contributed by atoms with E-state index in [0.29, 0.717) is 12.3 Å². The van der Waals surface area contributed by atoms with Crippen molar-refractivity contribution in [1.29, 1.82) is 0 Å². The third-order valence-electron chi connectivity index (χ3n) is 4.00. The Morgan fingerprint density at radius 3 is 2.71 bits per heavy atom. The fourth-order valence-corrected chi connectivity index (χ4v) is 3.15. The molecule has 2 aromatic rings. The normalized spacial score (nSPS) is 17.9. The molecule has 5 nitrogen and oxygen atoms in total. The van der Waals surface area contributed by atoms with Gasteiger partial charge in [0, 0.05) is 9.99 Å². The van der Waals surface area contributed by atoms with Crippen LogP contribution in [0.4, 0.5) is 5.69 Å². The molecule has 1 saturated heterocycles. The van der Waals surface area contributed by atoms with Crippen molar-refractivity contribution in [3.05, 3.63) is 62.7 Å². The number of nitrogens with one attached hydrogen (secondary N) is 1. The summed E-state index contributed by atoms with van der Waals surface area (Å²) in [4.78, 5) is 24.8. The van der Waals surface area contributed by atoms with Crippen molar-refractivity contribution in [2.24, 2.45) is 0 Å². The predicted octanol–water partition coefficient (Wildman–Crippen LogP) is 2.69. The summed E-state index contributed by atoms with van der Waals surface area (Å²) in [5.74, 6) is 0.133. The molecule has 4 rings (SSSR count). The van der Waals surface area contributed by atoms with Crippen LogP contribution < -0.4 is 15.2 Å². The maximum atomic E-state index is 12.6. The van der Waals surface area contributed by atoms with Crippen molar-refractivity contribution in [1.82, 2.24) is 5.43 Å². The molecular formula is C18H13IN2O3. The summed E-state index contributed by atoms with van der Waals surface area (Å²) >= 11 is 2.19. The Morgan fingerprint density at radius 2 is 1.92 bits per heavy atom. The summed E-state index contributed by atoms with van der Waals surface area (Å²) in [6, 6.07) is 13.1. The van der Waals surface area contributed by atoms with Gasteiger partial charge in [-0.05, 0) is 76.2 Å². The lowest BCUT2D eigenvalue weighted by atomic mass is 10.1. The van der Waals surface area contributed by atoms with Crippen LogP contribution >= 0.6 is 22.6 Å². The zero-order chi connectivity index (χ0) is 16.7. The Morgan fingerprint density at radius 1 is 1.12 bits per heavy atom. The molecule has 120 valence electrons. The van der Waals surface area contributed by atoms with E-state index in [1.165, 1.54) is 5.01 Å². The molecule has 0 radical (unpaired) electrons. The van der Waals surface area contributed by atoms with E-state index in [2.05, 4.69) is 28.0 Å². The summed E-state index contributed by atoms with van der Waals surface area (Å²) in [6.45, 7) is 0.676. The Kier molecular flexibility index (Phi) is 3.76. The summed E-state index contributed by atoms with van der Waals surface area (Å²) in [6.07, 6.45) is 2.48. The second-order valence-corrected chi connectivity index (χ2v) is 6.83. The van der Waals surface area contributed by atoms with E-state index in [0.717, 1.165) is 26.9 Å². The van der Waals surface area contributed by atoms with Crippen LogP contribution in [0.15, 0.2) is 48.0 Å². The highest BCUT2D eigenvalue weighted by atomic mass is 127. The number of benzene rings is 2. The zero-order valence-corrected chi connectivity index (χ0v) is 14.7. The van der Waals surface area contributed by atoms with E-state index < -0.39 is 5.91 Å². The van der Waals surface area contributed by atoms with Crippen LogP contribution in [0.1, 0.15) is 11.1 Å². The number of carbonyl (C=O) groups is 2. The van der Waals surface area contributed by atoms with E-state index in [4.69, 9.17) is 4.74 Å². The molecule has 2 heterocycles. The number of carbonyl (C=O) groups excluding carboxylic acids is 2. The Bertz CT molecular complexity index is 874. The molecule has 2 aliphatic rings. The smallest absolute Gasteiger partial charge is 0.282 e. The SMILES string of the molecule is O=C1NN(c2ccc(I)cc2)C(=O)/C1=C\c1ccc2c(c1)CCO2. The first-order valence-corrected chi connectivity index (χ1v) is 8.58. The van der Waals surface area contributed by atoms with Gasteiger partial charge in [-0.15, -0.1) is 0 Å². The van der Waals surface area contributed by atoms with Crippen molar-refractivity contribution in [3.63, 3.8) is 0 Å². The number of hydrazine groups is 1. The first-order valence-electron chi connectivity index (χ1n) is 7.50. The Hall–Kier alpha value is -2.35. The number of ether oxygens (including phenoxy) is 1. The van der Waals surface area contributed by atoms with Crippen molar-refractivity contribution < 1.29 is 14.3 Å². The first-order chi connectivity index (χ1) is 11.6. The minimum Gasteiger partial charge on any atom is -0.493 e. The molecule has 0 aliphatic carbocycles. The number of nitrogens with zero attached hydrogens (tertiary/aromatic N) is 1. The number of rotatable bonds is 2. The number of anilines is 1. The Labute approximate surface area is 152 Å². The van der Waals surface area contributed by atoms with Crippen LogP contribution in [0.5, 0.6) is 5.75 Å². The van der Waals surface area contributed by atoms with Gasteiger partial charge in [0.15, 0.2) is 0 Å². The van der Waals surface area contributed by atoms with Gasteiger partial charge in [0.1, 0.15) is 11.3 Å². The van der Waals surface area contributed by atoms with Crippen molar-refractivity contribution in [3.8, 4) is 5.75 Å². The molecule has 2 aliphatic heterocycles. The summed E-state index contributed by atoms with van der Waals surface area (Å²) in [7, 11) is 0. The maximum Gasteiger partial charge on any atom is 0.282 e. The van der Waals surface area contributed by atoms with E-state index >= 15 is 0 Å². The Balaban J connectivity index is 1.65.